The lowest BCUT2D eigenvalue weighted by Gasteiger charge is -2.15. The number of benzene rings is 1. The Morgan fingerprint density at radius 1 is 1.35 bits per heavy atom. The van der Waals surface area contributed by atoms with Gasteiger partial charge >= 0.3 is 0 Å². The third kappa shape index (κ3) is 3.12. The van der Waals surface area contributed by atoms with Crippen molar-refractivity contribution in [2.45, 2.75) is 13.3 Å². The summed E-state index contributed by atoms with van der Waals surface area (Å²) in [6.07, 6.45) is 6.08. The number of nitrogens with zero attached hydrogens (tertiary/aromatic N) is 4. The second kappa shape index (κ2) is 6.12. The summed E-state index contributed by atoms with van der Waals surface area (Å²) in [5.74, 6) is 1.10. The normalized spacial score (nSPS) is 17.8. The van der Waals surface area contributed by atoms with E-state index in [1.807, 2.05) is 0 Å². The van der Waals surface area contributed by atoms with Crippen molar-refractivity contribution in [3.63, 3.8) is 0 Å². The molecule has 118 valence electrons. The second-order valence-electron chi connectivity index (χ2n) is 5.92. The van der Waals surface area contributed by atoms with Gasteiger partial charge in [0.25, 0.3) is 0 Å². The van der Waals surface area contributed by atoms with Crippen LogP contribution in [0.15, 0.2) is 36.8 Å². The van der Waals surface area contributed by atoms with Crippen LogP contribution >= 0.6 is 11.3 Å². The summed E-state index contributed by atoms with van der Waals surface area (Å²) < 4.78 is 6.99. The van der Waals surface area contributed by atoms with Gasteiger partial charge in [-0.3, -0.25) is 4.98 Å². The molecule has 0 bridgehead atoms. The first-order valence-electron chi connectivity index (χ1n) is 7.79. The van der Waals surface area contributed by atoms with E-state index in [9.17, 15) is 0 Å². The first kappa shape index (κ1) is 14.4. The highest BCUT2D eigenvalue weighted by Crippen LogP contribution is 2.32. The van der Waals surface area contributed by atoms with E-state index in [0.717, 1.165) is 30.2 Å². The zero-order valence-electron chi connectivity index (χ0n) is 13.0. The largest absolute Gasteiger partial charge is 0.476 e. The maximum Gasteiger partial charge on any atom is 0.232 e. The highest BCUT2D eigenvalue weighted by Gasteiger charge is 2.25. The lowest BCUT2D eigenvalue weighted by molar-refractivity contribution is 0.251. The van der Waals surface area contributed by atoms with Gasteiger partial charge in [0.05, 0.1) is 23.0 Å². The minimum absolute atomic E-state index is 0.505. The second-order valence-corrected chi connectivity index (χ2v) is 6.93. The van der Waals surface area contributed by atoms with E-state index in [1.54, 1.807) is 29.9 Å². The van der Waals surface area contributed by atoms with Gasteiger partial charge in [-0.1, -0.05) is 17.4 Å². The maximum atomic E-state index is 5.73. The Morgan fingerprint density at radius 3 is 3.17 bits per heavy atom. The Labute approximate surface area is 139 Å². The zero-order valence-corrected chi connectivity index (χ0v) is 13.8. The number of rotatable bonds is 4. The van der Waals surface area contributed by atoms with Crippen LogP contribution in [-0.4, -0.2) is 34.6 Å². The van der Waals surface area contributed by atoms with Crippen LogP contribution in [0.5, 0.6) is 5.88 Å². The quantitative estimate of drug-likeness (QED) is 0.736. The van der Waals surface area contributed by atoms with E-state index in [0.29, 0.717) is 18.4 Å². The number of thiazole rings is 1. The van der Waals surface area contributed by atoms with Gasteiger partial charge in [0.15, 0.2) is 5.13 Å². The van der Waals surface area contributed by atoms with E-state index >= 15 is 0 Å². The van der Waals surface area contributed by atoms with Gasteiger partial charge in [-0.05, 0) is 31.0 Å². The molecule has 1 atom stereocenters. The maximum absolute atomic E-state index is 5.73. The molecule has 1 aliphatic rings. The molecule has 23 heavy (non-hydrogen) atoms. The van der Waals surface area contributed by atoms with Crippen LogP contribution < -0.4 is 9.64 Å². The molecule has 1 fully saturated rings. The van der Waals surface area contributed by atoms with Crippen molar-refractivity contribution in [3.8, 4) is 5.88 Å². The van der Waals surface area contributed by atoms with Gasteiger partial charge in [-0.15, -0.1) is 0 Å². The number of hydrogen-bond acceptors (Lipinski definition) is 6. The molecule has 0 amide bonds. The third-order valence-corrected chi connectivity index (χ3v) is 5.17. The summed E-state index contributed by atoms with van der Waals surface area (Å²) in [6.45, 7) is 4.82. The van der Waals surface area contributed by atoms with E-state index in [1.165, 1.54) is 10.3 Å². The van der Waals surface area contributed by atoms with Crippen LogP contribution in [-0.2, 0) is 0 Å². The number of aromatic nitrogens is 3. The summed E-state index contributed by atoms with van der Waals surface area (Å²) in [5, 5.41) is 1.12. The van der Waals surface area contributed by atoms with E-state index in [4.69, 9.17) is 9.72 Å². The van der Waals surface area contributed by atoms with Crippen LogP contribution in [0.4, 0.5) is 5.13 Å². The zero-order chi connectivity index (χ0) is 15.6. The first-order chi connectivity index (χ1) is 11.3. The SMILES string of the molecule is Cc1ccc2nc(N3CCC(COc4cnccn4)C3)sc2c1. The fourth-order valence-electron chi connectivity index (χ4n) is 2.86. The van der Waals surface area contributed by atoms with Crippen molar-refractivity contribution in [2.24, 2.45) is 5.92 Å². The highest BCUT2D eigenvalue weighted by molar-refractivity contribution is 7.22. The van der Waals surface area contributed by atoms with Crippen LogP contribution in [0, 0.1) is 12.8 Å². The molecule has 0 aliphatic carbocycles. The Hall–Kier alpha value is -2.21. The minimum atomic E-state index is 0.505. The van der Waals surface area contributed by atoms with Gasteiger partial charge < -0.3 is 9.64 Å². The van der Waals surface area contributed by atoms with E-state index in [2.05, 4.69) is 40.0 Å². The van der Waals surface area contributed by atoms with Crippen LogP contribution in [0.25, 0.3) is 10.2 Å². The number of aryl methyl sites for hydroxylation is 1. The molecule has 0 N–H and O–H groups in total. The summed E-state index contributed by atoms with van der Waals surface area (Å²) in [4.78, 5) is 15.3. The molecular weight excluding hydrogens is 308 g/mol. The lowest BCUT2D eigenvalue weighted by atomic mass is 10.1. The van der Waals surface area contributed by atoms with Gasteiger partial charge in [-0.2, -0.15) is 0 Å². The average molecular weight is 326 g/mol. The monoisotopic (exact) mass is 326 g/mol. The Balaban J connectivity index is 1.41. The third-order valence-electron chi connectivity index (χ3n) is 4.10. The molecule has 0 spiro atoms. The molecule has 1 aliphatic heterocycles. The number of anilines is 1. The Morgan fingerprint density at radius 2 is 2.30 bits per heavy atom. The highest BCUT2D eigenvalue weighted by atomic mass is 32.1. The van der Waals surface area contributed by atoms with Crippen LogP contribution in [0.3, 0.4) is 0 Å². The molecule has 3 aromatic rings. The van der Waals surface area contributed by atoms with Crippen LogP contribution in [0.1, 0.15) is 12.0 Å². The predicted octanol–water partition coefficient (Wildman–Crippen LogP) is 3.30. The van der Waals surface area contributed by atoms with Crippen molar-refractivity contribution < 1.29 is 4.74 Å². The minimum Gasteiger partial charge on any atom is -0.476 e. The van der Waals surface area contributed by atoms with Crippen molar-refractivity contribution in [2.75, 3.05) is 24.6 Å². The fraction of sp³-hybridized carbons (Fsp3) is 0.353. The molecule has 0 saturated carbocycles. The van der Waals surface area contributed by atoms with Gasteiger partial charge in [0.2, 0.25) is 5.88 Å². The van der Waals surface area contributed by atoms with Crippen molar-refractivity contribution >= 4 is 26.7 Å². The molecular formula is C17H18N4OS. The summed E-state index contributed by atoms with van der Waals surface area (Å²) in [5.41, 5.74) is 2.37. The molecule has 4 rings (SSSR count). The number of fused-ring (bicyclic) bond motifs is 1. The fourth-order valence-corrected chi connectivity index (χ4v) is 3.96. The molecule has 1 saturated heterocycles. The van der Waals surface area contributed by atoms with Crippen LogP contribution in [0.2, 0.25) is 0 Å². The molecule has 5 nitrogen and oxygen atoms in total. The van der Waals surface area contributed by atoms with Gasteiger partial charge in [-0.25, -0.2) is 9.97 Å². The number of ether oxygens (including phenoxy) is 1. The Bertz CT molecular complexity index is 805. The van der Waals surface area contributed by atoms with Crippen molar-refractivity contribution in [1.82, 2.24) is 15.0 Å². The standard InChI is InChI=1S/C17H18N4OS/c1-12-2-3-14-15(8-12)23-17(20-14)21-7-4-13(10-21)11-22-16-9-18-5-6-19-16/h2-3,5-6,8-9,13H,4,7,10-11H2,1H3. The molecule has 0 radical (unpaired) electrons. The van der Waals surface area contributed by atoms with E-state index in [-0.39, 0.29) is 0 Å². The topological polar surface area (TPSA) is 51.1 Å². The summed E-state index contributed by atoms with van der Waals surface area (Å²) >= 11 is 1.78. The molecule has 6 heteroatoms. The first-order valence-corrected chi connectivity index (χ1v) is 8.60. The molecule has 3 heterocycles. The number of hydrogen-bond donors (Lipinski definition) is 0. The molecule has 1 aromatic carbocycles. The average Bonchev–Trinajstić information content (AvgIpc) is 3.20. The smallest absolute Gasteiger partial charge is 0.232 e. The summed E-state index contributed by atoms with van der Waals surface area (Å²) in [6, 6.07) is 6.43. The Kier molecular flexibility index (Phi) is 3.83. The lowest BCUT2D eigenvalue weighted by Crippen LogP contribution is -2.21. The van der Waals surface area contributed by atoms with Crippen molar-refractivity contribution in [3.05, 3.63) is 42.4 Å². The van der Waals surface area contributed by atoms with Gasteiger partial charge in [0, 0.05) is 31.4 Å². The molecule has 2 aromatic heterocycles. The van der Waals surface area contributed by atoms with Crippen molar-refractivity contribution in [1.29, 1.82) is 0 Å². The van der Waals surface area contributed by atoms with Gasteiger partial charge in [0.1, 0.15) is 0 Å². The van der Waals surface area contributed by atoms with E-state index < -0.39 is 0 Å². The predicted molar refractivity (Wildman–Crippen MR) is 92.2 cm³/mol. The summed E-state index contributed by atoms with van der Waals surface area (Å²) in [7, 11) is 0. The molecule has 1 unspecified atom stereocenters.